The highest BCUT2D eigenvalue weighted by Crippen LogP contribution is 2.27. The summed E-state index contributed by atoms with van der Waals surface area (Å²) in [4.78, 5) is 12.5. The molecule has 0 spiro atoms. The highest BCUT2D eigenvalue weighted by Gasteiger charge is 2.10. The molecule has 0 atom stereocenters. The first-order valence-electron chi connectivity index (χ1n) is 5.41. The lowest BCUT2D eigenvalue weighted by atomic mass is 10.3. The Hall–Kier alpha value is -1.88. The molecular formula is C12H13ClN4O. The van der Waals surface area contributed by atoms with Crippen LogP contribution in [0.15, 0.2) is 18.5 Å². The maximum Gasteiger partial charge on any atom is 0.227 e. The number of nitrogens with one attached hydrogen (secondary N) is 1. The van der Waals surface area contributed by atoms with Gasteiger partial charge in [0, 0.05) is 19.3 Å². The van der Waals surface area contributed by atoms with Crippen molar-refractivity contribution in [2.75, 3.05) is 12.4 Å². The summed E-state index contributed by atoms with van der Waals surface area (Å²) in [6.45, 7) is 3.70. The zero-order chi connectivity index (χ0) is 13.1. The third-order valence-electron chi connectivity index (χ3n) is 2.34. The van der Waals surface area contributed by atoms with E-state index in [1.54, 1.807) is 25.5 Å². The van der Waals surface area contributed by atoms with Crippen LogP contribution >= 0.6 is 11.6 Å². The second-order valence-electron chi connectivity index (χ2n) is 3.74. The van der Waals surface area contributed by atoms with Gasteiger partial charge in [0.15, 0.2) is 0 Å². The lowest BCUT2D eigenvalue weighted by Gasteiger charge is -2.11. The molecule has 0 radical (unpaired) electrons. The van der Waals surface area contributed by atoms with Gasteiger partial charge in [0.25, 0.3) is 0 Å². The predicted molar refractivity (Wildman–Crippen MR) is 70.4 cm³/mol. The van der Waals surface area contributed by atoms with Crippen LogP contribution in [-0.2, 0) is 0 Å². The van der Waals surface area contributed by atoms with Gasteiger partial charge in [-0.05, 0) is 13.8 Å². The van der Waals surface area contributed by atoms with Crippen LogP contribution in [-0.4, -0.2) is 22.0 Å². The van der Waals surface area contributed by atoms with Crippen molar-refractivity contribution in [2.24, 2.45) is 0 Å². The van der Waals surface area contributed by atoms with Gasteiger partial charge in [-0.25, -0.2) is 4.98 Å². The van der Waals surface area contributed by atoms with E-state index >= 15 is 0 Å². The predicted octanol–water partition coefficient (Wildman–Crippen LogP) is 2.98. The fraction of sp³-hybridized carbons (Fsp3) is 0.250. The van der Waals surface area contributed by atoms with Crippen molar-refractivity contribution >= 4 is 17.4 Å². The van der Waals surface area contributed by atoms with E-state index in [0.717, 1.165) is 11.4 Å². The molecule has 18 heavy (non-hydrogen) atoms. The Morgan fingerprint density at radius 3 is 2.67 bits per heavy atom. The van der Waals surface area contributed by atoms with Gasteiger partial charge in [-0.15, -0.1) is 0 Å². The number of ether oxygens (including phenoxy) is 1. The number of pyridine rings is 1. The normalized spacial score (nSPS) is 10.2. The fourth-order valence-corrected chi connectivity index (χ4v) is 1.67. The molecule has 0 unspecified atom stereocenters. The van der Waals surface area contributed by atoms with Crippen molar-refractivity contribution in [1.29, 1.82) is 0 Å². The molecule has 2 aromatic heterocycles. The molecule has 0 aliphatic heterocycles. The van der Waals surface area contributed by atoms with Crippen LogP contribution in [0.2, 0.25) is 5.02 Å². The van der Waals surface area contributed by atoms with Crippen molar-refractivity contribution in [3.63, 3.8) is 0 Å². The van der Waals surface area contributed by atoms with Crippen LogP contribution in [0, 0.1) is 13.8 Å². The molecule has 0 aromatic carbocycles. The number of anilines is 1. The minimum absolute atomic E-state index is 0.496. The molecule has 0 bridgehead atoms. The lowest BCUT2D eigenvalue weighted by molar-refractivity contribution is 0.454. The summed E-state index contributed by atoms with van der Waals surface area (Å²) >= 11 is 5.85. The second kappa shape index (κ2) is 5.18. The molecule has 2 heterocycles. The molecule has 1 N–H and O–H groups in total. The van der Waals surface area contributed by atoms with Crippen LogP contribution < -0.4 is 10.1 Å². The topological polar surface area (TPSA) is 59.9 Å². The number of aromatic nitrogens is 3. The van der Waals surface area contributed by atoms with Crippen molar-refractivity contribution in [2.45, 2.75) is 13.8 Å². The highest BCUT2D eigenvalue weighted by molar-refractivity contribution is 6.30. The summed E-state index contributed by atoms with van der Waals surface area (Å²) in [6, 6.07) is 1.69. The van der Waals surface area contributed by atoms with E-state index in [0.29, 0.717) is 22.5 Å². The maximum absolute atomic E-state index is 5.85. The summed E-state index contributed by atoms with van der Waals surface area (Å²) in [5.74, 6) is 2.42. The van der Waals surface area contributed by atoms with E-state index in [-0.39, 0.29) is 0 Å². The van der Waals surface area contributed by atoms with E-state index in [2.05, 4.69) is 20.3 Å². The monoisotopic (exact) mass is 264 g/mol. The number of aryl methyl sites for hydroxylation is 1. The molecule has 0 saturated carbocycles. The van der Waals surface area contributed by atoms with E-state index in [4.69, 9.17) is 16.3 Å². The summed E-state index contributed by atoms with van der Waals surface area (Å²) in [7, 11) is 1.81. The largest absolute Gasteiger partial charge is 0.437 e. The molecule has 0 fully saturated rings. The Morgan fingerprint density at radius 2 is 2.00 bits per heavy atom. The fourth-order valence-electron chi connectivity index (χ4n) is 1.51. The first-order valence-corrected chi connectivity index (χ1v) is 5.79. The van der Waals surface area contributed by atoms with Gasteiger partial charge in [0.2, 0.25) is 5.88 Å². The molecule has 0 aliphatic rings. The van der Waals surface area contributed by atoms with Crippen LogP contribution in [0.5, 0.6) is 11.6 Å². The lowest BCUT2D eigenvalue weighted by Crippen LogP contribution is -2.03. The quantitative estimate of drug-likeness (QED) is 0.923. The zero-order valence-electron chi connectivity index (χ0n) is 10.4. The molecule has 0 saturated heterocycles. The molecule has 94 valence electrons. The Balaban J connectivity index is 2.37. The molecular weight excluding hydrogens is 252 g/mol. The number of hydrogen-bond acceptors (Lipinski definition) is 5. The van der Waals surface area contributed by atoms with Crippen molar-refractivity contribution in [1.82, 2.24) is 15.0 Å². The van der Waals surface area contributed by atoms with Crippen LogP contribution in [0.1, 0.15) is 11.4 Å². The van der Waals surface area contributed by atoms with Crippen molar-refractivity contribution in [3.05, 3.63) is 34.9 Å². The average Bonchev–Trinajstić information content (AvgIpc) is 2.33. The summed E-state index contributed by atoms with van der Waals surface area (Å²) in [6.07, 6.45) is 3.13. The minimum atomic E-state index is 0.496. The van der Waals surface area contributed by atoms with Crippen LogP contribution in [0.4, 0.5) is 5.82 Å². The first kappa shape index (κ1) is 12.6. The van der Waals surface area contributed by atoms with Gasteiger partial charge in [0.1, 0.15) is 17.4 Å². The first-order chi connectivity index (χ1) is 8.60. The van der Waals surface area contributed by atoms with Crippen LogP contribution in [0.25, 0.3) is 0 Å². The standard InChI is InChI=1S/C12H13ClN4O/c1-7-11(14-3)16-8(2)17-12(7)18-10-4-9(13)5-15-6-10/h4-6H,1-3H3,(H,14,16,17). The average molecular weight is 265 g/mol. The Morgan fingerprint density at radius 1 is 1.22 bits per heavy atom. The minimum Gasteiger partial charge on any atom is -0.437 e. The molecule has 0 aliphatic carbocycles. The molecule has 0 amide bonds. The molecule has 6 heteroatoms. The maximum atomic E-state index is 5.85. The number of rotatable bonds is 3. The number of nitrogens with zero attached hydrogens (tertiary/aromatic N) is 3. The van der Waals surface area contributed by atoms with Gasteiger partial charge >= 0.3 is 0 Å². The third-order valence-corrected chi connectivity index (χ3v) is 2.55. The Bertz CT molecular complexity index is 574. The van der Waals surface area contributed by atoms with Gasteiger partial charge in [-0.3, -0.25) is 4.98 Å². The SMILES string of the molecule is CNc1nc(C)nc(Oc2cncc(Cl)c2)c1C. The zero-order valence-corrected chi connectivity index (χ0v) is 11.1. The number of hydrogen-bond donors (Lipinski definition) is 1. The van der Waals surface area contributed by atoms with Crippen LogP contribution in [0.3, 0.4) is 0 Å². The highest BCUT2D eigenvalue weighted by atomic mass is 35.5. The summed E-state index contributed by atoms with van der Waals surface area (Å²) < 4.78 is 5.68. The second-order valence-corrected chi connectivity index (χ2v) is 4.18. The van der Waals surface area contributed by atoms with E-state index in [1.165, 1.54) is 0 Å². The van der Waals surface area contributed by atoms with Gasteiger partial charge in [-0.2, -0.15) is 4.98 Å². The van der Waals surface area contributed by atoms with E-state index in [9.17, 15) is 0 Å². The Kier molecular flexibility index (Phi) is 3.62. The smallest absolute Gasteiger partial charge is 0.227 e. The van der Waals surface area contributed by atoms with Gasteiger partial charge in [0.05, 0.1) is 16.8 Å². The van der Waals surface area contributed by atoms with Crippen molar-refractivity contribution in [3.8, 4) is 11.6 Å². The van der Waals surface area contributed by atoms with E-state index in [1.807, 2.05) is 13.8 Å². The summed E-state index contributed by atoms with van der Waals surface area (Å²) in [5, 5.41) is 3.52. The molecule has 2 aromatic rings. The number of halogens is 1. The molecule has 5 nitrogen and oxygen atoms in total. The Labute approximate surface area is 110 Å². The third kappa shape index (κ3) is 2.68. The van der Waals surface area contributed by atoms with Crippen molar-refractivity contribution < 1.29 is 4.74 Å². The summed E-state index contributed by atoms with van der Waals surface area (Å²) in [5.41, 5.74) is 0.836. The van der Waals surface area contributed by atoms with E-state index < -0.39 is 0 Å². The van der Waals surface area contributed by atoms with Gasteiger partial charge in [-0.1, -0.05) is 11.6 Å². The molecule has 2 rings (SSSR count). The van der Waals surface area contributed by atoms with Gasteiger partial charge < -0.3 is 10.1 Å².